The highest BCUT2D eigenvalue weighted by atomic mass is 79.9. The van der Waals surface area contributed by atoms with E-state index in [1.165, 1.54) is 30.3 Å². The Morgan fingerprint density at radius 2 is 1.94 bits per heavy atom. The number of nitrogens with one attached hydrogen (secondary N) is 1. The van der Waals surface area contributed by atoms with Gasteiger partial charge in [-0.25, -0.2) is 9.59 Å². The lowest BCUT2D eigenvalue weighted by atomic mass is 10.0. The van der Waals surface area contributed by atoms with Gasteiger partial charge >= 0.3 is 12.1 Å². The average molecular weight is 554 g/mol. The average Bonchev–Trinajstić information content (AvgIpc) is 2.72. The first-order valence-electron chi connectivity index (χ1n) is 8.93. The lowest BCUT2D eigenvalue weighted by molar-refractivity contribution is -0.131. The van der Waals surface area contributed by atoms with Crippen molar-refractivity contribution >= 4 is 49.6 Å². The minimum absolute atomic E-state index is 0.187. The summed E-state index contributed by atoms with van der Waals surface area (Å²) in [5.74, 6) is -1.39. The molecule has 3 N–H and O–H groups in total. The van der Waals surface area contributed by atoms with E-state index in [0.29, 0.717) is 20.2 Å². The molecule has 0 aliphatic heterocycles. The van der Waals surface area contributed by atoms with Crippen LogP contribution in [0.15, 0.2) is 57.5 Å². The van der Waals surface area contributed by atoms with Gasteiger partial charge in [-0.15, -0.1) is 0 Å². The predicted molar refractivity (Wildman–Crippen MR) is 120 cm³/mol. The summed E-state index contributed by atoms with van der Waals surface area (Å²) in [5.41, 5.74) is 1.01. The van der Waals surface area contributed by atoms with Crippen molar-refractivity contribution in [2.75, 3.05) is 11.9 Å². The standard InChI is InChI=1S/C21H18Br2N2O6/c1-2-30-17(7-8-18(26)27)20(15-9-13(22)10-16(23)19(15)28)31-21(29)25-14-5-3-12(11-24)4-6-14/h3-10,17,20,28H,2H2,1H3,(H,25,29)(H,26,27)/b8-7+/t17-,20-/m0/s1. The van der Waals surface area contributed by atoms with Crippen molar-refractivity contribution in [3.05, 3.63) is 68.6 Å². The second-order valence-electron chi connectivity index (χ2n) is 6.08. The third-order valence-corrected chi connectivity index (χ3v) is 5.01. The molecule has 31 heavy (non-hydrogen) atoms. The molecule has 0 unspecified atom stereocenters. The lowest BCUT2D eigenvalue weighted by Gasteiger charge is -2.26. The van der Waals surface area contributed by atoms with Gasteiger partial charge in [0.15, 0.2) is 6.10 Å². The Bertz CT molecular complexity index is 1020. The van der Waals surface area contributed by atoms with Gasteiger partial charge < -0.3 is 19.7 Å². The van der Waals surface area contributed by atoms with Crippen LogP contribution in [0, 0.1) is 11.3 Å². The number of carbonyl (C=O) groups excluding carboxylic acids is 1. The van der Waals surface area contributed by atoms with Gasteiger partial charge in [-0.2, -0.15) is 5.26 Å². The van der Waals surface area contributed by atoms with E-state index in [4.69, 9.17) is 19.8 Å². The van der Waals surface area contributed by atoms with Crippen molar-refractivity contribution in [2.24, 2.45) is 0 Å². The number of carboxylic acids is 1. The van der Waals surface area contributed by atoms with E-state index in [2.05, 4.69) is 37.2 Å². The van der Waals surface area contributed by atoms with Gasteiger partial charge in [0.05, 0.1) is 16.1 Å². The van der Waals surface area contributed by atoms with Gasteiger partial charge in [0.25, 0.3) is 0 Å². The van der Waals surface area contributed by atoms with Crippen LogP contribution in [0.5, 0.6) is 5.75 Å². The maximum absolute atomic E-state index is 12.6. The number of aliphatic carboxylic acids is 1. The van der Waals surface area contributed by atoms with Crippen molar-refractivity contribution in [3.63, 3.8) is 0 Å². The fraction of sp³-hybridized carbons (Fsp3) is 0.190. The molecule has 2 atom stereocenters. The number of carbonyl (C=O) groups is 2. The fourth-order valence-corrected chi connectivity index (χ4v) is 3.87. The molecule has 0 heterocycles. The van der Waals surface area contributed by atoms with Crippen LogP contribution in [0.2, 0.25) is 0 Å². The number of aromatic hydroxyl groups is 1. The molecule has 0 aliphatic rings. The molecule has 0 radical (unpaired) electrons. The number of carboxylic acid groups (broad SMARTS) is 1. The summed E-state index contributed by atoms with van der Waals surface area (Å²) < 4.78 is 12.1. The van der Waals surface area contributed by atoms with Gasteiger partial charge in [0.2, 0.25) is 0 Å². The van der Waals surface area contributed by atoms with Crippen LogP contribution in [-0.4, -0.2) is 35.0 Å². The van der Waals surface area contributed by atoms with Gasteiger partial charge in [-0.3, -0.25) is 5.32 Å². The molecule has 0 bridgehead atoms. The van der Waals surface area contributed by atoms with Gasteiger partial charge in [0, 0.05) is 28.4 Å². The molecule has 0 aromatic heterocycles. The number of nitrogens with zero attached hydrogens (tertiary/aromatic N) is 1. The Kier molecular flexibility index (Phi) is 9.05. The molecule has 2 aromatic rings. The minimum atomic E-state index is -1.20. The fourth-order valence-electron chi connectivity index (χ4n) is 2.61. The van der Waals surface area contributed by atoms with Crippen LogP contribution in [0.1, 0.15) is 24.2 Å². The quantitative estimate of drug-likeness (QED) is 0.387. The zero-order chi connectivity index (χ0) is 23.0. The summed E-state index contributed by atoms with van der Waals surface area (Å²) in [6.07, 6.45) is -0.930. The number of nitriles is 1. The normalized spacial score (nSPS) is 12.7. The molecule has 1 amide bonds. The largest absolute Gasteiger partial charge is 0.506 e. The highest BCUT2D eigenvalue weighted by molar-refractivity contribution is 9.11. The number of hydrogen-bond donors (Lipinski definition) is 3. The molecule has 2 rings (SSSR count). The Balaban J connectivity index is 2.39. The molecule has 10 heteroatoms. The molecule has 162 valence electrons. The van der Waals surface area contributed by atoms with E-state index in [1.54, 1.807) is 19.1 Å². The Labute approximate surface area is 195 Å². The molecule has 0 spiro atoms. The van der Waals surface area contributed by atoms with Gasteiger partial charge in [0.1, 0.15) is 11.9 Å². The second kappa shape index (κ2) is 11.5. The topological polar surface area (TPSA) is 129 Å². The van der Waals surface area contributed by atoms with Crippen molar-refractivity contribution in [1.82, 2.24) is 0 Å². The van der Waals surface area contributed by atoms with Crippen LogP contribution >= 0.6 is 31.9 Å². The second-order valence-corrected chi connectivity index (χ2v) is 7.85. The van der Waals surface area contributed by atoms with Crippen molar-refractivity contribution in [1.29, 1.82) is 5.26 Å². The van der Waals surface area contributed by atoms with Crippen molar-refractivity contribution < 1.29 is 29.3 Å². The number of phenolic OH excluding ortho intramolecular Hbond substituents is 1. The zero-order valence-corrected chi connectivity index (χ0v) is 19.4. The van der Waals surface area contributed by atoms with Crippen LogP contribution in [0.25, 0.3) is 0 Å². The number of ether oxygens (including phenoxy) is 2. The van der Waals surface area contributed by atoms with E-state index in [-0.39, 0.29) is 17.9 Å². The summed E-state index contributed by atoms with van der Waals surface area (Å²) in [6, 6.07) is 11.3. The van der Waals surface area contributed by atoms with Gasteiger partial charge in [-0.1, -0.05) is 15.9 Å². The van der Waals surface area contributed by atoms with Gasteiger partial charge in [-0.05, 0) is 65.3 Å². The highest BCUT2D eigenvalue weighted by Gasteiger charge is 2.30. The number of amides is 1. The summed E-state index contributed by atoms with van der Waals surface area (Å²) in [5, 5.41) is 30.9. The van der Waals surface area contributed by atoms with Crippen LogP contribution < -0.4 is 5.32 Å². The van der Waals surface area contributed by atoms with Crippen LogP contribution in [-0.2, 0) is 14.3 Å². The Morgan fingerprint density at radius 3 is 2.52 bits per heavy atom. The van der Waals surface area contributed by atoms with E-state index in [9.17, 15) is 14.7 Å². The number of halogens is 2. The maximum atomic E-state index is 12.6. The number of hydrogen-bond acceptors (Lipinski definition) is 6. The first kappa shape index (κ1) is 24.4. The SMILES string of the molecule is CCO[C@@H](/C=C/C(=O)O)[C@@H](OC(=O)Nc1ccc(C#N)cc1)c1cc(Br)cc(Br)c1O. The third kappa shape index (κ3) is 7.10. The number of phenols is 1. The minimum Gasteiger partial charge on any atom is -0.506 e. The third-order valence-electron chi connectivity index (χ3n) is 3.94. The first-order valence-corrected chi connectivity index (χ1v) is 10.5. The molecule has 2 aromatic carbocycles. The summed E-state index contributed by atoms with van der Waals surface area (Å²) >= 11 is 6.56. The summed E-state index contributed by atoms with van der Waals surface area (Å²) in [6.45, 7) is 1.90. The Hall–Kier alpha value is -2.87. The molecular formula is C21H18Br2N2O6. The number of anilines is 1. The Morgan fingerprint density at radius 1 is 1.26 bits per heavy atom. The van der Waals surface area contributed by atoms with Crippen molar-refractivity contribution in [3.8, 4) is 11.8 Å². The maximum Gasteiger partial charge on any atom is 0.412 e. The zero-order valence-electron chi connectivity index (χ0n) is 16.2. The predicted octanol–water partition coefficient (Wildman–Crippen LogP) is 5.12. The van der Waals surface area contributed by atoms with E-state index >= 15 is 0 Å². The molecule has 0 aliphatic carbocycles. The molecular weight excluding hydrogens is 536 g/mol. The lowest BCUT2D eigenvalue weighted by Crippen LogP contribution is -2.28. The molecule has 0 saturated carbocycles. The summed E-state index contributed by atoms with van der Waals surface area (Å²) in [7, 11) is 0. The summed E-state index contributed by atoms with van der Waals surface area (Å²) in [4.78, 5) is 23.6. The van der Waals surface area contributed by atoms with Crippen LogP contribution in [0.4, 0.5) is 10.5 Å². The van der Waals surface area contributed by atoms with E-state index in [0.717, 1.165) is 6.08 Å². The van der Waals surface area contributed by atoms with E-state index < -0.39 is 24.3 Å². The van der Waals surface area contributed by atoms with Crippen LogP contribution in [0.3, 0.4) is 0 Å². The smallest absolute Gasteiger partial charge is 0.412 e. The highest BCUT2D eigenvalue weighted by Crippen LogP contribution is 2.39. The van der Waals surface area contributed by atoms with E-state index in [1.807, 2.05) is 6.07 Å². The number of rotatable bonds is 8. The molecule has 8 nitrogen and oxygen atoms in total. The monoisotopic (exact) mass is 552 g/mol. The molecule has 0 saturated heterocycles. The first-order chi connectivity index (χ1) is 14.7. The van der Waals surface area contributed by atoms with Crippen molar-refractivity contribution in [2.45, 2.75) is 19.1 Å². The molecule has 0 fully saturated rings. The number of benzene rings is 2.